The van der Waals surface area contributed by atoms with Crippen LogP contribution in [0.25, 0.3) is 44.3 Å². The third-order valence-corrected chi connectivity index (χ3v) is 6.82. The maximum atomic E-state index is 14.7. The molecular formula is C27H23FN6. The molecule has 1 unspecified atom stereocenters. The summed E-state index contributed by atoms with van der Waals surface area (Å²) in [4.78, 5) is 9.38. The average Bonchev–Trinajstić information content (AvgIpc) is 3.60. The number of nitrogens with one attached hydrogen (secondary N) is 1. The van der Waals surface area contributed by atoms with Crippen LogP contribution in [-0.2, 0) is 13.6 Å². The number of aryl methyl sites for hydroxylation is 1. The molecule has 0 radical (unpaired) electrons. The second kappa shape index (κ2) is 8.08. The molecule has 0 saturated carbocycles. The fraction of sp³-hybridized carbons (Fsp3) is 0.222. The maximum Gasteiger partial charge on any atom is 0.141 e. The highest BCUT2D eigenvalue weighted by Crippen LogP contribution is 2.38. The van der Waals surface area contributed by atoms with E-state index in [1.54, 1.807) is 12.4 Å². The van der Waals surface area contributed by atoms with Gasteiger partial charge in [-0.1, -0.05) is 12.1 Å². The van der Waals surface area contributed by atoms with E-state index in [1.165, 1.54) is 12.1 Å². The van der Waals surface area contributed by atoms with Gasteiger partial charge in [0.05, 0.1) is 40.3 Å². The van der Waals surface area contributed by atoms with E-state index in [-0.39, 0.29) is 5.56 Å². The Hall–Kier alpha value is -4.02. The van der Waals surface area contributed by atoms with Gasteiger partial charge < -0.3 is 14.5 Å². The molecule has 1 atom stereocenters. The number of hydrogen-bond donors (Lipinski definition) is 1. The summed E-state index contributed by atoms with van der Waals surface area (Å²) in [7, 11) is 1.97. The van der Waals surface area contributed by atoms with Crippen LogP contribution < -0.4 is 5.32 Å². The molecule has 1 aliphatic rings. The lowest BCUT2D eigenvalue weighted by molar-refractivity contribution is 0.491. The Balaban J connectivity index is 1.56. The lowest BCUT2D eigenvalue weighted by atomic mass is 9.95. The van der Waals surface area contributed by atoms with Crippen LogP contribution >= 0.6 is 0 Å². The molecule has 6 rings (SSSR count). The molecule has 7 heteroatoms. The summed E-state index contributed by atoms with van der Waals surface area (Å²) < 4.78 is 18.9. The van der Waals surface area contributed by atoms with Crippen LogP contribution in [0.5, 0.6) is 0 Å². The van der Waals surface area contributed by atoms with Crippen molar-refractivity contribution in [1.29, 1.82) is 5.26 Å². The van der Waals surface area contributed by atoms with Gasteiger partial charge in [0.2, 0.25) is 0 Å². The molecule has 0 bridgehead atoms. The molecule has 1 fully saturated rings. The monoisotopic (exact) mass is 450 g/mol. The number of aromatic nitrogens is 4. The van der Waals surface area contributed by atoms with Gasteiger partial charge in [-0.3, -0.25) is 4.98 Å². The van der Waals surface area contributed by atoms with Crippen LogP contribution in [0.4, 0.5) is 4.39 Å². The molecule has 5 aromatic rings. The molecule has 0 amide bonds. The van der Waals surface area contributed by atoms with Gasteiger partial charge in [-0.25, -0.2) is 9.37 Å². The van der Waals surface area contributed by atoms with E-state index in [2.05, 4.69) is 27.1 Å². The number of fused-ring (bicyclic) bond motifs is 2. The highest BCUT2D eigenvalue weighted by molar-refractivity contribution is 6.02. The highest BCUT2D eigenvalue weighted by atomic mass is 19.1. The Labute approximate surface area is 196 Å². The number of halogens is 1. The minimum atomic E-state index is -0.528. The van der Waals surface area contributed by atoms with Crippen molar-refractivity contribution in [3.8, 4) is 28.5 Å². The van der Waals surface area contributed by atoms with E-state index in [0.717, 1.165) is 64.8 Å². The predicted octanol–water partition coefficient (Wildman–Crippen LogP) is 4.88. The molecule has 168 valence electrons. The molecule has 0 spiro atoms. The maximum absolute atomic E-state index is 14.7. The second-order valence-electron chi connectivity index (χ2n) is 8.97. The first-order chi connectivity index (χ1) is 16.6. The lowest BCUT2D eigenvalue weighted by Crippen LogP contribution is -2.14. The topological polar surface area (TPSA) is 71.5 Å². The SMILES string of the molecule is Cn1cnc2cc(-c3ncc4c(ccn4CC4CCNC4)c3-c3ccc(C#N)c(F)c3)ccc21. The van der Waals surface area contributed by atoms with Crippen molar-refractivity contribution in [3.05, 3.63) is 72.6 Å². The molecule has 1 saturated heterocycles. The van der Waals surface area contributed by atoms with Crippen molar-refractivity contribution in [3.63, 3.8) is 0 Å². The first-order valence-electron chi connectivity index (χ1n) is 11.4. The number of pyridine rings is 1. The van der Waals surface area contributed by atoms with Gasteiger partial charge in [-0.05, 0) is 61.3 Å². The highest BCUT2D eigenvalue weighted by Gasteiger charge is 2.20. The van der Waals surface area contributed by atoms with Crippen molar-refractivity contribution in [1.82, 2.24) is 24.4 Å². The summed E-state index contributed by atoms with van der Waals surface area (Å²) in [6, 6.07) is 14.9. The van der Waals surface area contributed by atoms with Crippen LogP contribution in [0.2, 0.25) is 0 Å². The Bertz CT molecular complexity index is 1580. The molecule has 2 aromatic carbocycles. The van der Waals surface area contributed by atoms with Gasteiger partial charge >= 0.3 is 0 Å². The van der Waals surface area contributed by atoms with Crippen LogP contribution in [0.15, 0.2) is 61.2 Å². The van der Waals surface area contributed by atoms with Gasteiger partial charge in [0.25, 0.3) is 0 Å². The quantitative estimate of drug-likeness (QED) is 0.424. The smallest absolute Gasteiger partial charge is 0.141 e. The van der Waals surface area contributed by atoms with Crippen molar-refractivity contribution in [2.24, 2.45) is 13.0 Å². The van der Waals surface area contributed by atoms with E-state index in [4.69, 9.17) is 4.98 Å². The van der Waals surface area contributed by atoms with Gasteiger partial charge in [-0.2, -0.15) is 5.26 Å². The first kappa shape index (κ1) is 20.6. The molecule has 0 aliphatic carbocycles. The molecule has 6 nitrogen and oxygen atoms in total. The summed E-state index contributed by atoms with van der Waals surface area (Å²) in [6.45, 7) is 2.99. The molecule has 34 heavy (non-hydrogen) atoms. The summed E-state index contributed by atoms with van der Waals surface area (Å²) in [5, 5.41) is 13.7. The fourth-order valence-electron chi connectivity index (χ4n) is 5.02. The second-order valence-corrected chi connectivity index (χ2v) is 8.97. The summed E-state index contributed by atoms with van der Waals surface area (Å²) in [5.41, 5.74) is 6.22. The lowest BCUT2D eigenvalue weighted by Gasteiger charge is -2.14. The van der Waals surface area contributed by atoms with Crippen molar-refractivity contribution in [2.75, 3.05) is 13.1 Å². The van der Waals surface area contributed by atoms with Gasteiger partial charge in [0, 0.05) is 36.3 Å². The molecule has 3 aromatic heterocycles. The zero-order chi connectivity index (χ0) is 23.2. The number of rotatable bonds is 4. The molecule has 1 N–H and O–H groups in total. The third kappa shape index (κ3) is 3.35. The van der Waals surface area contributed by atoms with E-state index in [9.17, 15) is 9.65 Å². The van der Waals surface area contributed by atoms with E-state index < -0.39 is 5.82 Å². The van der Waals surface area contributed by atoms with Gasteiger partial charge in [-0.15, -0.1) is 0 Å². The summed E-state index contributed by atoms with van der Waals surface area (Å²) in [5.74, 6) is 0.0530. The average molecular weight is 451 g/mol. The third-order valence-electron chi connectivity index (χ3n) is 6.82. The van der Waals surface area contributed by atoms with Crippen LogP contribution in [0.1, 0.15) is 12.0 Å². The number of hydrogen-bond acceptors (Lipinski definition) is 4. The minimum Gasteiger partial charge on any atom is -0.346 e. The predicted molar refractivity (Wildman–Crippen MR) is 131 cm³/mol. The number of nitrogens with zero attached hydrogens (tertiary/aromatic N) is 5. The number of nitriles is 1. The molecule has 4 heterocycles. The van der Waals surface area contributed by atoms with Crippen molar-refractivity contribution in [2.45, 2.75) is 13.0 Å². The normalized spacial score (nSPS) is 15.9. The van der Waals surface area contributed by atoms with E-state index >= 15 is 0 Å². The van der Waals surface area contributed by atoms with Crippen molar-refractivity contribution >= 4 is 21.9 Å². The zero-order valence-corrected chi connectivity index (χ0v) is 18.8. The van der Waals surface area contributed by atoms with Gasteiger partial charge in [0.1, 0.15) is 11.9 Å². The zero-order valence-electron chi connectivity index (χ0n) is 18.8. The van der Waals surface area contributed by atoms with Gasteiger partial charge in [0.15, 0.2) is 0 Å². The standard InChI is InChI=1S/C27H23FN6/c1-33-16-32-23-11-19(4-5-24(23)33)27-26(18-2-3-20(12-29)22(28)10-18)21-7-9-34(25(21)14-31-27)15-17-6-8-30-13-17/h2-5,7,9-11,14,16-17,30H,6,8,13,15H2,1H3. The Morgan fingerprint density at radius 3 is 2.79 bits per heavy atom. The minimum absolute atomic E-state index is 0.0339. The van der Waals surface area contributed by atoms with Crippen LogP contribution in [0, 0.1) is 23.1 Å². The molecule has 1 aliphatic heterocycles. The van der Waals surface area contributed by atoms with Crippen LogP contribution in [0.3, 0.4) is 0 Å². The summed E-state index contributed by atoms with van der Waals surface area (Å²) >= 11 is 0. The fourth-order valence-corrected chi connectivity index (χ4v) is 5.02. The first-order valence-corrected chi connectivity index (χ1v) is 11.4. The Kier molecular flexibility index (Phi) is 4.89. The number of imidazole rings is 1. The Morgan fingerprint density at radius 1 is 1.12 bits per heavy atom. The van der Waals surface area contributed by atoms with Crippen molar-refractivity contribution < 1.29 is 4.39 Å². The number of benzene rings is 2. The van der Waals surface area contributed by atoms with E-state index in [0.29, 0.717) is 11.5 Å². The summed E-state index contributed by atoms with van der Waals surface area (Å²) in [6.07, 6.45) is 6.96. The largest absolute Gasteiger partial charge is 0.346 e. The van der Waals surface area contributed by atoms with E-state index in [1.807, 2.05) is 42.1 Å². The Morgan fingerprint density at radius 2 is 2.00 bits per heavy atom. The molecular weight excluding hydrogens is 427 g/mol. The van der Waals surface area contributed by atoms with Crippen LogP contribution in [-0.4, -0.2) is 32.2 Å².